The van der Waals surface area contributed by atoms with Gasteiger partial charge in [-0.05, 0) is 54.6 Å². The van der Waals surface area contributed by atoms with Gasteiger partial charge in [-0.2, -0.15) is 0 Å². The summed E-state index contributed by atoms with van der Waals surface area (Å²) >= 11 is 7.25. The van der Waals surface area contributed by atoms with Crippen molar-refractivity contribution in [2.45, 2.75) is 11.8 Å². The van der Waals surface area contributed by atoms with Crippen LogP contribution < -0.4 is 10.1 Å². The first-order valence-electron chi connectivity index (χ1n) is 9.65. The van der Waals surface area contributed by atoms with Gasteiger partial charge in [-0.25, -0.2) is 4.39 Å². The average molecular weight is 469 g/mol. The first-order chi connectivity index (χ1) is 15.6. The van der Waals surface area contributed by atoms with Gasteiger partial charge in [0.2, 0.25) is 5.91 Å². The maximum atomic E-state index is 13.3. The molecule has 0 aliphatic heterocycles. The minimum absolute atomic E-state index is 0.0712. The maximum Gasteiger partial charge on any atom is 0.234 e. The summed E-state index contributed by atoms with van der Waals surface area (Å²) in [5, 5.41) is 12.3. The fourth-order valence-corrected chi connectivity index (χ4v) is 3.79. The van der Waals surface area contributed by atoms with Gasteiger partial charge >= 0.3 is 0 Å². The number of anilines is 1. The van der Waals surface area contributed by atoms with E-state index in [0.717, 1.165) is 5.69 Å². The van der Waals surface area contributed by atoms with E-state index in [1.165, 1.54) is 30.0 Å². The van der Waals surface area contributed by atoms with Crippen molar-refractivity contribution in [2.24, 2.45) is 0 Å². The number of hydrogen-bond acceptors (Lipinski definition) is 5. The van der Waals surface area contributed by atoms with Crippen LogP contribution in [0.1, 0.15) is 5.82 Å². The lowest BCUT2D eigenvalue weighted by molar-refractivity contribution is -0.113. The number of halogens is 2. The van der Waals surface area contributed by atoms with Crippen LogP contribution in [0.2, 0.25) is 5.02 Å². The molecule has 1 N–H and O–H groups in total. The molecule has 6 nitrogen and oxygen atoms in total. The highest BCUT2D eigenvalue weighted by molar-refractivity contribution is 7.99. The Morgan fingerprint density at radius 2 is 1.81 bits per heavy atom. The summed E-state index contributed by atoms with van der Waals surface area (Å²) < 4.78 is 21.0. The van der Waals surface area contributed by atoms with E-state index in [2.05, 4.69) is 15.5 Å². The summed E-state index contributed by atoms with van der Waals surface area (Å²) in [6.07, 6.45) is 0. The van der Waals surface area contributed by atoms with Crippen LogP contribution in [0.3, 0.4) is 0 Å². The van der Waals surface area contributed by atoms with Gasteiger partial charge in [0, 0.05) is 16.4 Å². The zero-order chi connectivity index (χ0) is 22.3. The summed E-state index contributed by atoms with van der Waals surface area (Å²) in [4.78, 5) is 12.4. The van der Waals surface area contributed by atoms with Gasteiger partial charge in [-0.1, -0.05) is 47.6 Å². The Labute approximate surface area is 193 Å². The molecule has 1 amide bonds. The number of hydrogen-bond donors (Lipinski definition) is 1. The number of nitrogens with one attached hydrogen (secondary N) is 1. The molecule has 0 unspecified atom stereocenters. The van der Waals surface area contributed by atoms with Gasteiger partial charge in [0.15, 0.2) is 11.0 Å². The highest BCUT2D eigenvalue weighted by atomic mass is 35.5. The quantitative estimate of drug-likeness (QED) is 0.352. The van der Waals surface area contributed by atoms with Gasteiger partial charge in [0.1, 0.15) is 18.2 Å². The van der Waals surface area contributed by atoms with Crippen LogP contribution in [0, 0.1) is 5.82 Å². The number of rotatable bonds is 8. The second kappa shape index (κ2) is 10.3. The van der Waals surface area contributed by atoms with E-state index >= 15 is 0 Å². The molecule has 162 valence electrons. The molecular formula is C23H18ClFN4O2S. The van der Waals surface area contributed by atoms with Crippen LogP contribution in [0.25, 0.3) is 5.69 Å². The van der Waals surface area contributed by atoms with Crippen molar-refractivity contribution in [3.63, 3.8) is 0 Å². The number of thioether (sulfide) groups is 1. The molecule has 0 spiro atoms. The zero-order valence-corrected chi connectivity index (χ0v) is 18.3. The highest BCUT2D eigenvalue weighted by Gasteiger charge is 2.17. The van der Waals surface area contributed by atoms with Gasteiger partial charge in [-0.15, -0.1) is 10.2 Å². The van der Waals surface area contributed by atoms with Crippen LogP contribution in [0.15, 0.2) is 84.0 Å². The van der Waals surface area contributed by atoms with Crippen LogP contribution in [0.4, 0.5) is 10.1 Å². The van der Waals surface area contributed by atoms with Gasteiger partial charge < -0.3 is 10.1 Å². The summed E-state index contributed by atoms with van der Waals surface area (Å²) in [6, 6.07) is 22.4. The monoisotopic (exact) mass is 468 g/mol. The number of para-hydroxylation sites is 1. The predicted octanol–water partition coefficient (Wildman–Crippen LogP) is 5.37. The van der Waals surface area contributed by atoms with Crippen molar-refractivity contribution in [3.8, 4) is 11.4 Å². The Morgan fingerprint density at radius 1 is 1.03 bits per heavy atom. The van der Waals surface area contributed by atoms with E-state index in [-0.39, 0.29) is 18.3 Å². The van der Waals surface area contributed by atoms with Gasteiger partial charge in [0.05, 0.1) is 5.75 Å². The van der Waals surface area contributed by atoms with Crippen molar-refractivity contribution < 1.29 is 13.9 Å². The molecule has 1 aromatic heterocycles. The van der Waals surface area contributed by atoms with E-state index in [4.69, 9.17) is 16.3 Å². The molecule has 0 saturated carbocycles. The summed E-state index contributed by atoms with van der Waals surface area (Å²) in [5.41, 5.74) is 1.19. The molecule has 4 aromatic rings. The molecule has 32 heavy (non-hydrogen) atoms. The first-order valence-corrected chi connectivity index (χ1v) is 11.0. The molecular weight excluding hydrogens is 451 g/mol. The smallest absolute Gasteiger partial charge is 0.234 e. The van der Waals surface area contributed by atoms with Crippen molar-refractivity contribution in [2.75, 3.05) is 11.1 Å². The largest absolute Gasteiger partial charge is 0.486 e. The molecule has 0 atom stereocenters. The molecule has 0 saturated heterocycles. The topological polar surface area (TPSA) is 69.0 Å². The lowest BCUT2D eigenvalue weighted by atomic mass is 10.3. The second-order valence-corrected chi connectivity index (χ2v) is 8.04. The van der Waals surface area contributed by atoms with Gasteiger partial charge in [-0.3, -0.25) is 9.36 Å². The van der Waals surface area contributed by atoms with Crippen molar-refractivity contribution in [1.29, 1.82) is 0 Å². The zero-order valence-electron chi connectivity index (χ0n) is 16.7. The molecule has 9 heteroatoms. The number of amides is 1. The lowest BCUT2D eigenvalue weighted by Gasteiger charge is -2.11. The molecule has 4 rings (SSSR count). The molecule has 3 aromatic carbocycles. The number of benzene rings is 3. The van der Waals surface area contributed by atoms with E-state index in [0.29, 0.717) is 27.4 Å². The van der Waals surface area contributed by atoms with Crippen LogP contribution in [-0.4, -0.2) is 26.4 Å². The molecule has 0 bridgehead atoms. The Bertz CT molecular complexity index is 1200. The summed E-state index contributed by atoms with van der Waals surface area (Å²) in [7, 11) is 0. The van der Waals surface area contributed by atoms with E-state index in [9.17, 15) is 9.18 Å². The SMILES string of the molecule is O=C(CSc1nnc(COc2ccccc2)n1-c1ccc(Cl)cc1)Nc1cccc(F)c1. The summed E-state index contributed by atoms with van der Waals surface area (Å²) in [5.74, 6) is 0.655. The van der Waals surface area contributed by atoms with Gasteiger partial charge in [0.25, 0.3) is 0 Å². The second-order valence-electron chi connectivity index (χ2n) is 6.66. The number of nitrogens with zero attached hydrogens (tertiary/aromatic N) is 3. The van der Waals surface area contributed by atoms with Crippen LogP contribution in [-0.2, 0) is 11.4 Å². The molecule has 0 radical (unpaired) electrons. The Balaban J connectivity index is 1.51. The van der Waals surface area contributed by atoms with Crippen LogP contribution in [0.5, 0.6) is 5.75 Å². The molecule has 0 aliphatic carbocycles. The molecule has 1 heterocycles. The third-order valence-electron chi connectivity index (χ3n) is 4.34. The normalized spacial score (nSPS) is 10.7. The molecule has 0 aliphatic rings. The van der Waals surface area contributed by atoms with E-state index in [1.807, 2.05) is 47.0 Å². The number of ether oxygens (including phenoxy) is 1. The predicted molar refractivity (Wildman–Crippen MR) is 123 cm³/mol. The number of aromatic nitrogens is 3. The fourth-order valence-electron chi connectivity index (χ4n) is 2.89. The first kappa shape index (κ1) is 21.9. The average Bonchev–Trinajstić information content (AvgIpc) is 3.20. The fraction of sp³-hybridized carbons (Fsp3) is 0.0870. The maximum absolute atomic E-state index is 13.3. The number of carbonyl (C=O) groups excluding carboxylic acids is 1. The minimum atomic E-state index is -0.416. The van der Waals surface area contributed by atoms with Crippen LogP contribution >= 0.6 is 23.4 Å². The standard InChI is InChI=1S/C23H18ClFN4O2S/c24-16-9-11-19(12-10-16)29-21(14-31-20-7-2-1-3-8-20)27-28-23(29)32-15-22(30)26-18-6-4-5-17(25)13-18/h1-13H,14-15H2,(H,26,30). The Morgan fingerprint density at radius 3 is 2.56 bits per heavy atom. The lowest BCUT2D eigenvalue weighted by Crippen LogP contribution is -2.15. The van der Waals surface area contributed by atoms with E-state index in [1.54, 1.807) is 18.2 Å². The Kier molecular flexibility index (Phi) is 7.03. The number of carbonyl (C=O) groups is 1. The van der Waals surface area contributed by atoms with Crippen molar-refractivity contribution in [3.05, 3.63) is 95.5 Å². The third-order valence-corrected chi connectivity index (χ3v) is 5.52. The minimum Gasteiger partial charge on any atom is -0.486 e. The van der Waals surface area contributed by atoms with Crippen molar-refractivity contribution >= 4 is 35.0 Å². The highest BCUT2D eigenvalue weighted by Crippen LogP contribution is 2.24. The third kappa shape index (κ3) is 5.66. The van der Waals surface area contributed by atoms with E-state index < -0.39 is 5.82 Å². The van der Waals surface area contributed by atoms with Crippen molar-refractivity contribution in [1.82, 2.24) is 14.8 Å². The Hall–Kier alpha value is -3.36. The summed E-state index contributed by atoms with van der Waals surface area (Å²) in [6.45, 7) is 0.190. The molecule has 0 fully saturated rings.